The van der Waals surface area contributed by atoms with Crippen molar-refractivity contribution in [3.8, 4) is 11.5 Å². The Hall–Kier alpha value is -1.99. The molecule has 7 heteroatoms. The van der Waals surface area contributed by atoms with Crippen molar-refractivity contribution in [3.63, 3.8) is 0 Å². The number of rotatable bonds is 7. The highest BCUT2D eigenvalue weighted by atomic mass is 32.2. The van der Waals surface area contributed by atoms with Crippen LogP contribution >= 0.6 is 11.8 Å². The number of ether oxygens (including phenoxy) is 2. The van der Waals surface area contributed by atoms with Crippen LogP contribution in [0.1, 0.15) is 30.7 Å². The number of aromatic nitrogens is 2. The van der Waals surface area contributed by atoms with Crippen molar-refractivity contribution in [2.75, 3.05) is 26.0 Å². The van der Waals surface area contributed by atoms with Gasteiger partial charge in [-0.25, -0.2) is 4.98 Å². The van der Waals surface area contributed by atoms with Crippen molar-refractivity contribution < 1.29 is 9.47 Å². The molecular formula is C19H25N3O3S. The molecule has 0 spiro atoms. The van der Waals surface area contributed by atoms with Gasteiger partial charge in [-0.1, -0.05) is 17.8 Å². The van der Waals surface area contributed by atoms with Gasteiger partial charge in [0.1, 0.15) is 11.5 Å². The van der Waals surface area contributed by atoms with Crippen LogP contribution in [0, 0.1) is 0 Å². The number of H-pyrrole nitrogens is 1. The third-order valence-corrected chi connectivity index (χ3v) is 4.94. The highest BCUT2D eigenvalue weighted by molar-refractivity contribution is 7.98. The van der Waals surface area contributed by atoms with Gasteiger partial charge in [0.2, 0.25) is 0 Å². The molecule has 1 aliphatic heterocycles. The first-order chi connectivity index (χ1) is 12.6. The van der Waals surface area contributed by atoms with Gasteiger partial charge in [0.05, 0.1) is 24.5 Å². The average molecular weight is 375 g/mol. The summed E-state index contributed by atoms with van der Waals surface area (Å²) in [5.74, 6) is 1.66. The summed E-state index contributed by atoms with van der Waals surface area (Å²) in [6, 6.07) is 5.96. The minimum Gasteiger partial charge on any atom is -0.494 e. The van der Waals surface area contributed by atoms with E-state index in [0.29, 0.717) is 24.9 Å². The van der Waals surface area contributed by atoms with Crippen molar-refractivity contribution in [1.82, 2.24) is 14.9 Å². The summed E-state index contributed by atoms with van der Waals surface area (Å²) in [7, 11) is 0. The maximum absolute atomic E-state index is 12.4. The lowest BCUT2D eigenvalue weighted by molar-refractivity contribution is 0.234. The summed E-state index contributed by atoms with van der Waals surface area (Å²) in [6.45, 7) is 7.37. The number of hydrogen-bond donors (Lipinski definition) is 1. The second kappa shape index (κ2) is 8.60. The van der Waals surface area contributed by atoms with Gasteiger partial charge in [-0.2, -0.15) is 0 Å². The van der Waals surface area contributed by atoms with Gasteiger partial charge in [-0.3, -0.25) is 9.69 Å². The zero-order chi connectivity index (χ0) is 18.5. The molecule has 0 atom stereocenters. The Morgan fingerprint density at radius 1 is 1.27 bits per heavy atom. The fourth-order valence-electron chi connectivity index (χ4n) is 3.14. The van der Waals surface area contributed by atoms with Crippen molar-refractivity contribution in [2.24, 2.45) is 0 Å². The van der Waals surface area contributed by atoms with Gasteiger partial charge < -0.3 is 14.5 Å². The minimum atomic E-state index is -0.0271. The first kappa shape index (κ1) is 18.8. The highest BCUT2D eigenvalue weighted by Gasteiger charge is 2.22. The molecule has 2 aromatic rings. The molecule has 1 N–H and O–H groups in total. The molecule has 0 unspecified atom stereocenters. The van der Waals surface area contributed by atoms with E-state index < -0.39 is 0 Å². The number of benzene rings is 1. The first-order valence-corrected chi connectivity index (χ1v) is 10.1. The third kappa shape index (κ3) is 4.22. The molecule has 140 valence electrons. The van der Waals surface area contributed by atoms with Crippen molar-refractivity contribution in [2.45, 2.75) is 38.5 Å². The third-order valence-electron chi connectivity index (χ3n) is 4.36. The molecule has 1 aromatic heterocycles. The molecule has 0 fully saturated rings. The Labute approximate surface area is 157 Å². The largest absolute Gasteiger partial charge is 0.494 e. The quantitative estimate of drug-likeness (QED) is 0.593. The highest BCUT2D eigenvalue weighted by Crippen LogP contribution is 2.28. The molecule has 26 heavy (non-hydrogen) atoms. The molecule has 1 aromatic carbocycles. The number of hydrogen-bond acceptors (Lipinski definition) is 6. The summed E-state index contributed by atoms with van der Waals surface area (Å²) < 4.78 is 11.4. The molecule has 6 nitrogen and oxygen atoms in total. The van der Waals surface area contributed by atoms with E-state index in [4.69, 9.17) is 9.47 Å². The Kier molecular flexibility index (Phi) is 6.21. The second-order valence-corrected chi connectivity index (χ2v) is 6.89. The molecule has 0 bridgehead atoms. The van der Waals surface area contributed by atoms with Crippen LogP contribution in [0.15, 0.2) is 28.2 Å². The maximum atomic E-state index is 12.4. The van der Waals surface area contributed by atoms with E-state index in [1.807, 2.05) is 38.3 Å². The molecule has 0 radical (unpaired) electrons. The van der Waals surface area contributed by atoms with Crippen LogP contribution in [0.3, 0.4) is 0 Å². The molecule has 1 aliphatic rings. The van der Waals surface area contributed by atoms with Crippen LogP contribution in [0.2, 0.25) is 0 Å². The lowest BCUT2D eigenvalue weighted by atomic mass is 10.1. The van der Waals surface area contributed by atoms with E-state index in [1.165, 1.54) is 11.8 Å². The Balaban J connectivity index is 1.79. The monoisotopic (exact) mass is 375 g/mol. The number of nitrogens with one attached hydrogen (secondary N) is 1. The van der Waals surface area contributed by atoms with Gasteiger partial charge in [0.15, 0.2) is 5.16 Å². The van der Waals surface area contributed by atoms with Gasteiger partial charge in [-0.05, 0) is 26.2 Å². The van der Waals surface area contributed by atoms with Crippen LogP contribution in [0.5, 0.6) is 11.5 Å². The van der Waals surface area contributed by atoms with Crippen molar-refractivity contribution >= 4 is 11.8 Å². The first-order valence-electron chi connectivity index (χ1n) is 8.91. The van der Waals surface area contributed by atoms with Crippen LogP contribution in [0.25, 0.3) is 0 Å². The van der Waals surface area contributed by atoms with Gasteiger partial charge in [0.25, 0.3) is 5.56 Å². The van der Waals surface area contributed by atoms with Crippen LogP contribution in [-0.2, 0) is 19.5 Å². The lowest BCUT2D eigenvalue weighted by Gasteiger charge is -2.28. The maximum Gasteiger partial charge on any atom is 0.256 e. The summed E-state index contributed by atoms with van der Waals surface area (Å²) in [5, 5.41) is 0.687. The molecule has 3 rings (SSSR count). The Bertz CT molecular complexity index is 822. The van der Waals surface area contributed by atoms with E-state index >= 15 is 0 Å². The fourth-order valence-corrected chi connectivity index (χ4v) is 3.54. The van der Waals surface area contributed by atoms with Gasteiger partial charge in [-0.15, -0.1) is 0 Å². The molecule has 2 heterocycles. The molecule has 0 amide bonds. The molecule has 0 saturated carbocycles. The minimum absolute atomic E-state index is 0.0271. The van der Waals surface area contributed by atoms with Gasteiger partial charge >= 0.3 is 0 Å². The average Bonchev–Trinajstić information content (AvgIpc) is 2.64. The van der Waals surface area contributed by atoms with Crippen LogP contribution in [-0.4, -0.2) is 40.9 Å². The summed E-state index contributed by atoms with van der Waals surface area (Å²) in [5.41, 5.74) is 2.77. The number of fused-ring (bicyclic) bond motifs is 1. The zero-order valence-electron chi connectivity index (χ0n) is 15.5. The summed E-state index contributed by atoms with van der Waals surface area (Å²) in [4.78, 5) is 22.0. The predicted octanol–water partition coefficient (Wildman–Crippen LogP) is 2.85. The smallest absolute Gasteiger partial charge is 0.256 e. The van der Waals surface area contributed by atoms with Crippen molar-refractivity contribution in [1.29, 1.82) is 0 Å². The Morgan fingerprint density at radius 3 is 2.81 bits per heavy atom. The topological polar surface area (TPSA) is 67.5 Å². The lowest BCUT2D eigenvalue weighted by Crippen LogP contribution is -2.35. The normalized spacial score (nSPS) is 14.1. The zero-order valence-corrected chi connectivity index (χ0v) is 16.3. The van der Waals surface area contributed by atoms with Crippen LogP contribution in [0.4, 0.5) is 0 Å². The van der Waals surface area contributed by atoms with E-state index in [0.717, 1.165) is 47.8 Å². The van der Waals surface area contributed by atoms with E-state index in [2.05, 4.69) is 14.9 Å². The van der Waals surface area contributed by atoms with Gasteiger partial charge in [0, 0.05) is 37.7 Å². The predicted molar refractivity (Wildman–Crippen MR) is 103 cm³/mol. The standard InChI is InChI=1S/C19H25N3O3S/c1-4-24-14-7-6-13(17(10-14)25-5-2)11-22-9-8-16-15(12-22)18(23)21-19(20-16)26-3/h6-7,10H,4-5,8-9,11-12H2,1-3H3,(H,20,21,23). The molecule has 0 saturated heterocycles. The Morgan fingerprint density at radius 2 is 2.08 bits per heavy atom. The number of thioether (sulfide) groups is 1. The van der Waals surface area contributed by atoms with Crippen LogP contribution < -0.4 is 15.0 Å². The SMILES string of the molecule is CCOc1ccc(CN2CCc3nc(SC)[nH]c(=O)c3C2)c(OCC)c1. The molecule has 0 aliphatic carbocycles. The van der Waals surface area contributed by atoms with E-state index in [9.17, 15) is 4.79 Å². The number of nitrogens with zero attached hydrogens (tertiary/aromatic N) is 2. The fraction of sp³-hybridized carbons (Fsp3) is 0.474. The van der Waals surface area contributed by atoms with E-state index in [-0.39, 0.29) is 5.56 Å². The van der Waals surface area contributed by atoms with E-state index in [1.54, 1.807) is 0 Å². The summed E-state index contributed by atoms with van der Waals surface area (Å²) in [6.07, 6.45) is 2.70. The van der Waals surface area contributed by atoms with Crippen molar-refractivity contribution in [3.05, 3.63) is 45.4 Å². The number of aromatic amines is 1. The second-order valence-electron chi connectivity index (χ2n) is 6.10. The summed E-state index contributed by atoms with van der Waals surface area (Å²) >= 11 is 1.46. The molecular weight excluding hydrogens is 350 g/mol.